The van der Waals surface area contributed by atoms with Crippen LogP contribution < -0.4 is 0 Å². The van der Waals surface area contributed by atoms with E-state index in [1.54, 1.807) is 6.08 Å². The van der Waals surface area contributed by atoms with Crippen molar-refractivity contribution in [1.29, 1.82) is 0 Å². The molecule has 2 nitrogen and oxygen atoms in total. The lowest BCUT2D eigenvalue weighted by molar-refractivity contribution is -0.114. The lowest BCUT2D eigenvalue weighted by Crippen LogP contribution is -2.35. The predicted octanol–water partition coefficient (Wildman–Crippen LogP) is 4.59. The van der Waals surface area contributed by atoms with Gasteiger partial charge in [0.05, 0.1) is 24.9 Å². The van der Waals surface area contributed by atoms with Gasteiger partial charge in [0.25, 0.3) is 0 Å². The fourth-order valence-electron chi connectivity index (χ4n) is 1.71. The smallest absolute Gasteiger partial charge is 0.0821 e. The molecule has 0 saturated carbocycles. The first-order chi connectivity index (χ1) is 8.26. The third-order valence-electron chi connectivity index (χ3n) is 3.61. The molecule has 108 valence electrons. The molecular weight excluding hydrogens is 224 g/mol. The van der Waals surface area contributed by atoms with Crippen LogP contribution in [0.15, 0.2) is 12.7 Å². The third-order valence-corrected chi connectivity index (χ3v) is 3.61. The molecule has 0 aromatic heterocycles. The van der Waals surface area contributed by atoms with Gasteiger partial charge in [-0.2, -0.15) is 0 Å². The van der Waals surface area contributed by atoms with Crippen LogP contribution in [0.4, 0.5) is 0 Å². The summed E-state index contributed by atoms with van der Waals surface area (Å²) >= 11 is 0. The normalized spacial score (nSPS) is 14.6. The molecule has 18 heavy (non-hydrogen) atoms. The van der Waals surface area contributed by atoms with E-state index in [4.69, 9.17) is 9.47 Å². The Morgan fingerprint density at radius 2 is 1.72 bits per heavy atom. The molecule has 0 heterocycles. The Kier molecular flexibility index (Phi) is 7.81. The Labute approximate surface area is 114 Å². The first-order valence-corrected chi connectivity index (χ1v) is 7.13. The summed E-state index contributed by atoms with van der Waals surface area (Å²) in [5.41, 5.74) is 0.220. The van der Waals surface area contributed by atoms with Crippen LogP contribution in [0.1, 0.15) is 60.8 Å². The zero-order valence-corrected chi connectivity index (χ0v) is 13.2. The van der Waals surface area contributed by atoms with Gasteiger partial charge in [-0.25, -0.2) is 0 Å². The summed E-state index contributed by atoms with van der Waals surface area (Å²) < 4.78 is 11.8. The van der Waals surface area contributed by atoms with Crippen molar-refractivity contribution in [1.82, 2.24) is 0 Å². The van der Waals surface area contributed by atoms with Crippen LogP contribution >= 0.6 is 0 Å². The summed E-state index contributed by atoms with van der Waals surface area (Å²) in [6, 6.07) is 0. The van der Waals surface area contributed by atoms with E-state index in [2.05, 4.69) is 48.1 Å². The van der Waals surface area contributed by atoms with E-state index < -0.39 is 0 Å². The molecule has 0 aromatic carbocycles. The SMILES string of the molecule is C=CCOCC(CC(C)(C)CC)OC(C)(C)CC. The highest BCUT2D eigenvalue weighted by molar-refractivity contribution is 4.77. The van der Waals surface area contributed by atoms with Gasteiger partial charge < -0.3 is 9.47 Å². The summed E-state index contributed by atoms with van der Waals surface area (Å²) in [5.74, 6) is 0. The molecule has 0 aliphatic heterocycles. The van der Waals surface area contributed by atoms with Gasteiger partial charge in [-0.05, 0) is 32.1 Å². The van der Waals surface area contributed by atoms with E-state index in [1.807, 2.05) is 0 Å². The molecule has 0 fully saturated rings. The first-order valence-electron chi connectivity index (χ1n) is 7.13. The minimum Gasteiger partial charge on any atom is -0.375 e. The van der Waals surface area contributed by atoms with E-state index in [0.717, 1.165) is 19.3 Å². The van der Waals surface area contributed by atoms with Gasteiger partial charge in [0.15, 0.2) is 0 Å². The van der Waals surface area contributed by atoms with E-state index in [-0.39, 0.29) is 11.7 Å². The molecule has 0 saturated heterocycles. The van der Waals surface area contributed by atoms with Crippen molar-refractivity contribution < 1.29 is 9.47 Å². The maximum Gasteiger partial charge on any atom is 0.0821 e. The molecule has 2 heteroatoms. The van der Waals surface area contributed by atoms with Crippen molar-refractivity contribution in [2.24, 2.45) is 5.41 Å². The van der Waals surface area contributed by atoms with Gasteiger partial charge in [-0.1, -0.05) is 40.2 Å². The van der Waals surface area contributed by atoms with Crippen LogP contribution in [0, 0.1) is 5.41 Å². The highest BCUT2D eigenvalue weighted by atomic mass is 16.5. The van der Waals surface area contributed by atoms with Gasteiger partial charge in [0.1, 0.15) is 0 Å². The highest BCUT2D eigenvalue weighted by Gasteiger charge is 2.27. The number of hydrogen-bond donors (Lipinski definition) is 0. The van der Waals surface area contributed by atoms with Gasteiger partial charge in [-0.3, -0.25) is 0 Å². The van der Waals surface area contributed by atoms with E-state index in [9.17, 15) is 0 Å². The third kappa shape index (κ3) is 7.88. The summed E-state index contributed by atoms with van der Waals surface area (Å²) in [4.78, 5) is 0. The summed E-state index contributed by atoms with van der Waals surface area (Å²) in [7, 11) is 0. The molecule has 0 spiro atoms. The standard InChI is InChI=1S/C16H32O2/c1-8-11-17-13-14(12-15(4,5)9-2)18-16(6,7)10-3/h8,14H,1,9-13H2,2-7H3. The summed E-state index contributed by atoms with van der Waals surface area (Å²) in [6.07, 6.45) is 5.14. The number of hydrogen-bond acceptors (Lipinski definition) is 2. The van der Waals surface area contributed by atoms with Crippen molar-refractivity contribution in [3.05, 3.63) is 12.7 Å². The quantitative estimate of drug-likeness (QED) is 0.420. The maximum absolute atomic E-state index is 6.21. The molecule has 1 atom stereocenters. The minimum absolute atomic E-state index is 0.0774. The average Bonchev–Trinajstić information content (AvgIpc) is 2.28. The van der Waals surface area contributed by atoms with Crippen molar-refractivity contribution in [2.75, 3.05) is 13.2 Å². The van der Waals surface area contributed by atoms with Crippen molar-refractivity contribution >= 4 is 0 Å². The monoisotopic (exact) mass is 256 g/mol. The van der Waals surface area contributed by atoms with Crippen LogP contribution in [0.2, 0.25) is 0 Å². The highest BCUT2D eigenvalue weighted by Crippen LogP contribution is 2.30. The second kappa shape index (κ2) is 7.96. The summed E-state index contributed by atoms with van der Waals surface area (Å²) in [5, 5.41) is 0. The fourth-order valence-corrected chi connectivity index (χ4v) is 1.71. The largest absolute Gasteiger partial charge is 0.375 e. The fraction of sp³-hybridized carbons (Fsp3) is 0.875. The molecule has 0 radical (unpaired) electrons. The van der Waals surface area contributed by atoms with Crippen molar-refractivity contribution in [3.63, 3.8) is 0 Å². The Balaban J connectivity index is 4.46. The van der Waals surface area contributed by atoms with E-state index in [0.29, 0.717) is 18.6 Å². The zero-order valence-electron chi connectivity index (χ0n) is 13.2. The lowest BCUT2D eigenvalue weighted by Gasteiger charge is -2.34. The topological polar surface area (TPSA) is 18.5 Å². The molecule has 0 aliphatic rings. The predicted molar refractivity (Wildman–Crippen MR) is 78.9 cm³/mol. The van der Waals surface area contributed by atoms with Gasteiger partial charge >= 0.3 is 0 Å². The minimum atomic E-state index is -0.0774. The van der Waals surface area contributed by atoms with Crippen molar-refractivity contribution in [2.45, 2.75) is 72.5 Å². The molecule has 0 aromatic rings. The van der Waals surface area contributed by atoms with Crippen LogP contribution in [0.5, 0.6) is 0 Å². The van der Waals surface area contributed by atoms with Crippen LogP contribution in [-0.2, 0) is 9.47 Å². The van der Waals surface area contributed by atoms with Crippen LogP contribution in [0.25, 0.3) is 0 Å². The van der Waals surface area contributed by atoms with Crippen molar-refractivity contribution in [3.8, 4) is 0 Å². The lowest BCUT2D eigenvalue weighted by atomic mass is 9.84. The second-order valence-electron chi connectivity index (χ2n) is 6.40. The number of rotatable bonds is 10. The van der Waals surface area contributed by atoms with Gasteiger partial charge in [-0.15, -0.1) is 6.58 Å². The maximum atomic E-state index is 6.21. The Bertz CT molecular complexity index is 213. The Morgan fingerprint density at radius 3 is 2.17 bits per heavy atom. The molecule has 1 unspecified atom stereocenters. The second-order valence-corrected chi connectivity index (χ2v) is 6.40. The average molecular weight is 256 g/mol. The van der Waals surface area contributed by atoms with Gasteiger partial charge in [0.2, 0.25) is 0 Å². The molecule has 0 N–H and O–H groups in total. The zero-order chi connectivity index (χ0) is 14.2. The van der Waals surface area contributed by atoms with E-state index in [1.165, 1.54) is 0 Å². The Morgan fingerprint density at radius 1 is 1.11 bits per heavy atom. The first kappa shape index (κ1) is 17.7. The molecule has 0 amide bonds. The van der Waals surface area contributed by atoms with Crippen LogP contribution in [-0.4, -0.2) is 24.9 Å². The molecule has 0 rings (SSSR count). The van der Waals surface area contributed by atoms with E-state index >= 15 is 0 Å². The Hall–Kier alpha value is -0.340. The molecular formula is C16H32O2. The van der Waals surface area contributed by atoms with Gasteiger partial charge in [0, 0.05) is 0 Å². The van der Waals surface area contributed by atoms with Crippen LogP contribution in [0.3, 0.4) is 0 Å². The number of ether oxygens (including phenoxy) is 2. The summed E-state index contributed by atoms with van der Waals surface area (Å²) in [6.45, 7) is 18.2. The molecule has 0 bridgehead atoms. The molecule has 0 aliphatic carbocycles.